The van der Waals surface area contributed by atoms with Gasteiger partial charge in [0.05, 0.1) is 12.3 Å². The van der Waals surface area contributed by atoms with E-state index in [2.05, 4.69) is 0 Å². The molecule has 1 aliphatic rings. The topological polar surface area (TPSA) is 46.6 Å². The largest absolute Gasteiger partial charge is 0.346 e. The van der Waals surface area contributed by atoms with Crippen LogP contribution in [0.25, 0.3) is 5.57 Å². The summed E-state index contributed by atoms with van der Waals surface area (Å²) in [6.45, 7) is 3.69. The first-order valence-corrected chi connectivity index (χ1v) is 7.86. The van der Waals surface area contributed by atoms with Crippen LogP contribution in [0.5, 0.6) is 0 Å². The maximum absolute atomic E-state index is 12.5. The number of carbonyl (C=O) groups excluding carboxylic acids is 2. The highest BCUT2D eigenvalue weighted by Crippen LogP contribution is 2.32. The summed E-state index contributed by atoms with van der Waals surface area (Å²) in [6, 6.07) is 17.0. The summed E-state index contributed by atoms with van der Waals surface area (Å²) in [6.07, 6.45) is 1.03. The van der Waals surface area contributed by atoms with Crippen molar-refractivity contribution in [3.63, 3.8) is 0 Å². The van der Waals surface area contributed by atoms with Crippen LogP contribution in [0.2, 0.25) is 0 Å². The molecule has 1 unspecified atom stereocenters. The Morgan fingerprint density at radius 1 is 1.08 bits per heavy atom. The number of ether oxygens (including phenoxy) is 1. The number of anilines is 1. The first-order chi connectivity index (χ1) is 11.6. The van der Waals surface area contributed by atoms with E-state index in [4.69, 9.17) is 4.74 Å². The minimum atomic E-state index is -0.889. The molecule has 0 fully saturated rings. The van der Waals surface area contributed by atoms with Crippen molar-refractivity contribution in [1.82, 2.24) is 0 Å². The molecular weight excluding hydrogens is 302 g/mol. The average Bonchev–Trinajstić information content (AvgIpc) is 2.88. The Morgan fingerprint density at radius 3 is 2.46 bits per heavy atom. The smallest absolute Gasteiger partial charge is 0.226 e. The van der Waals surface area contributed by atoms with Gasteiger partial charge < -0.3 is 4.74 Å². The average molecular weight is 321 g/mol. The molecule has 0 bridgehead atoms. The maximum atomic E-state index is 12.5. The third-order valence-corrected chi connectivity index (χ3v) is 4.10. The van der Waals surface area contributed by atoms with Crippen molar-refractivity contribution in [2.24, 2.45) is 0 Å². The Morgan fingerprint density at radius 2 is 1.75 bits per heavy atom. The molecule has 2 aromatic rings. The summed E-state index contributed by atoms with van der Waals surface area (Å²) >= 11 is 0. The van der Waals surface area contributed by atoms with E-state index >= 15 is 0 Å². The molecule has 1 aliphatic heterocycles. The zero-order valence-electron chi connectivity index (χ0n) is 13.7. The van der Waals surface area contributed by atoms with Crippen molar-refractivity contribution in [1.29, 1.82) is 0 Å². The van der Waals surface area contributed by atoms with Crippen LogP contribution in [0.15, 0.2) is 60.7 Å². The van der Waals surface area contributed by atoms with Crippen molar-refractivity contribution in [2.75, 3.05) is 11.5 Å². The molecule has 0 aromatic heterocycles. The lowest BCUT2D eigenvalue weighted by atomic mass is 10.1. The molecule has 0 N–H and O–H groups in total. The van der Waals surface area contributed by atoms with E-state index in [0.29, 0.717) is 11.3 Å². The first-order valence-electron chi connectivity index (χ1n) is 7.86. The van der Waals surface area contributed by atoms with E-state index in [1.165, 1.54) is 11.8 Å². The van der Waals surface area contributed by atoms with Crippen molar-refractivity contribution in [3.8, 4) is 0 Å². The molecule has 24 heavy (non-hydrogen) atoms. The zero-order valence-corrected chi connectivity index (χ0v) is 13.7. The number of para-hydroxylation sites is 1. The van der Waals surface area contributed by atoms with E-state index in [0.717, 1.165) is 11.1 Å². The number of ketones is 1. The van der Waals surface area contributed by atoms with Crippen LogP contribution < -0.4 is 4.90 Å². The van der Waals surface area contributed by atoms with E-state index < -0.39 is 6.23 Å². The number of Topliss-reactive ketones (excluding diaryl/α,β-unsaturated/α-hetero) is 1. The van der Waals surface area contributed by atoms with Gasteiger partial charge >= 0.3 is 0 Å². The summed E-state index contributed by atoms with van der Waals surface area (Å²) in [5, 5.41) is 0. The van der Waals surface area contributed by atoms with Crippen LogP contribution in [0.3, 0.4) is 0 Å². The van der Waals surface area contributed by atoms with E-state index in [-0.39, 0.29) is 18.3 Å². The Balaban J connectivity index is 1.76. The van der Waals surface area contributed by atoms with Gasteiger partial charge in [-0.3, -0.25) is 14.5 Å². The Kier molecular flexibility index (Phi) is 4.58. The molecule has 1 amide bonds. The number of rotatable bonds is 4. The molecule has 0 spiro atoms. The van der Waals surface area contributed by atoms with Crippen molar-refractivity contribution in [3.05, 3.63) is 71.8 Å². The monoisotopic (exact) mass is 321 g/mol. The maximum Gasteiger partial charge on any atom is 0.226 e. The quantitative estimate of drug-likeness (QED) is 0.863. The van der Waals surface area contributed by atoms with Gasteiger partial charge in [-0.25, -0.2) is 0 Å². The molecule has 0 saturated carbocycles. The van der Waals surface area contributed by atoms with Crippen LogP contribution in [0.1, 0.15) is 29.8 Å². The standard InChI is InChI=1S/C20H19NO3/c1-14(16-8-4-3-5-9-16)12-13-24-20-19(23)17-10-6-7-11-18(17)21(20)15(2)22/h3-12,20H,13H2,1-2H3/b14-12-. The molecule has 4 nitrogen and oxygen atoms in total. The molecule has 4 heteroatoms. The Hall–Kier alpha value is -2.72. The first kappa shape index (κ1) is 16.1. The van der Waals surface area contributed by atoms with Gasteiger partial charge in [-0.15, -0.1) is 0 Å². The van der Waals surface area contributed by atoms with Gasteiger partial charge in [-0.1, -0.05) is 48.5 Å². The number of hydrogen-bond acceptors (Lipinski definition) is 3. The lowest BCUT2D eigenvalue weighted by molar-refractivity contribution is -0.118. The minimum Gasteiger partial charge on any atom is -0.346 e. The van der Waals surface area contributed by atoms with Gasteiger partial charge in [-0.05, 0) is 30.2 Å². The number of benzene rings is 2. The normalized spacial score (nSPS) is 17.1. The molecule has 2 aromatic carbocycles. The number of hydrogen-bond donors (Lipinski definition) is 0. The molecule has 3 rings (SSSR count). The van der Waals surface area contributed by atoms with Crippen molar-refractivity contribution >= 4 is 23.0 Å². The predicted octanol–water partition coefficient (Wildman–Crippen LogP) is 3.68. The molecule has 1 heterocycles. The van der Waals surface area contributed by atoms with Crippen LogP contribution in [-0.4, -0.2) is 24.5 Å². The summed E-state index contributed by atoms with van der Waals surface area (Å²) in [5.41, 5.74) is 3.31. The third kappa shape index (κ3) is 3.01. The molecule has 122 valence electrons. The second kappa shape index (κ2) is 6.81. The molecule has 0 saturated heterocycles. The van der Waals surface area contributed by atoms with Gasteiger partial charge in [0, 0.05) is 12.5 Å². The Bertz CT molecular complexity index is 796. The van der Waals surface area contributed by atoms with Crippen LogP contribution in [0, 0.1) is 0 Å². The highest BCUT2D eigenvalue weighted by molar-refractivity contribution is 6.16. The highest BCUT2D eigenvalue weighted by atomic mass is 16.5. The van der Waals surface area contributed by atoms with Gasteiger partial charge in [0.15, 0.2) is 0 Å². The van der Waals surface area contributed by atoms with Gasteiger partial charge in [-0.2, -0.15) is 0 Å². The highest BCUT2D eigenvalue weighted by Gasteiger charge is 2.39. The fourth-order valence-corrected chi connectivity index (χ4v) is 2.84. The second-order valence-corrected chi connectivity index (χ2v) is 5.71. The number of nitrogens with zero attached hydrogens (tertiary/aromatic N) is 1. The molecule has 0 radical (unpaired) electrons. The number of amides is 1. The SMILES string of the molecule is CC(=O)N1c2ccccc2C(=O)C1OC/C=C(/C)c1ccccc1. The fraction of sp³-hybridized carbons (Fsp3) is 0.200. The third-order valence-electron chi connectivity index (χ3n) is 4.10. The van der Waals surface area contributed by atoms with E-state index in [1.54, 1.807) is 18.2 Å². The molecule has 0 aliphatic carbocycles. The second-order valence-electron chi connectivity index (χ2n) is 5.71. The summed E-state index contributed by atoms with van der Waals surface area (Å²) in [5.74, 6) is -0.381. The fourth-order valence-electron chi connectivity index (χ4n) is 2.84. The lowest BCUT2D eigenvalue weighted by Gasteiger charge is -2.22. The predicted molar refractivity (Wildman–Crippen MR) is 93.8 cm³/mol. The van der Waals surface area contributed by atoms with Crippen molar-refractivity contribution in [2.45, 2.75) is 20.1 Å². The number of fused-ring (bicyclic) bond motifs is 1. The lowest BCUT2D eigenvalue weighted by Crippen LogP contribution is -2.40. The summed E-state index contributed by atoms with van der Waals surface area (Å²) in [4.78, 5) is 25.9. The number of allylic oxidation sites excluding steroid dienone is 1. The van der Waals surface area contributed by atoms with Gasteiger partial charge in [0.1, 0.15) is 0 Å². The molecule has 1 atom stereocenters. The van der Waals surface area contributed by atoms with E-state index in [9.17, 15) is 9.59 Å². The zero-order chi connectivity index (χ0) is 17.1. The Labute approximate surface area is 141 Å². The van der Waals surface area contributed by atoms with Crippen LogP contribution in [0.4, 0.5) is 5.69 Å². The van der Waals surface area contributed by atoms with Crippen LogP contribution in [-0.2, 0) is 9.53 Å². The molecular formula is C20H19NO3. The van der Waals surface area contributed by atoms with Gasteiger partial charge in [0.25, 0.3) is 0 Å². The summed E-state index contributed by atoms with van der Waals surface area (Å²) in [7, 11) is 0. The minimum absolute atomic E-state index is 0.174. The van der Waals surface area contributed by atoms with Gasteiger partial charge in [0.2, 0.25) is 17.9 Å². The van der Waals surface area contributed by atoms with E-state index in [1.807, 2.05) is 49.4 Å². The van der Waals surface area contributed by atoms with Crippen LogP contribution >= 0.6 is 0 Å². The number of carbonyl (C=O) groups is 2. The van der Waals surface area contributed by atoms with Crippen molar-refractivity contribution < 1.29 is 14.3 Å². The summed E-state index contributed by atoms with van der Waals surface area (Å²) < 4.78 is 5.74.